The molecule has 1 heterocycles. The van der Waals surface area contributed by atoms with Gasteiger partial charge >= 0.3 is 0 Å². The first-order chi connectivity index (χ1) is 11.8. The summed E-state index contributed by atoms with van der Waals surface area (Å²) in [6.07, 6.45) is 0.942. The molecular formula is C18H29N4O2S+. The molecule has 0 radical (unpaired) electrons. The van der Waals surface area contributed by atoms with E-state index in [1.165, 1.54) is 4.90 Å². The lowest BCUT2D eigenvalue weighted by molar-refractivity contribution is -0.914. The normalized spacial score (nSPS) is 23.0. The zero-order chi connectivity index (χ0) is 18.4. The van der Waals surface area contributed by atoms with Gasteiger partial charge in [-0.3, -0.25) is 15.6 Å². The van der Waals surface area contributed by atoms with Crippen LogP contribution in [0.15, 0.2) is 18.2 Å². The summed E-state index contributed by atoms with van der Waals surface area (Å²) >= 11 is 5.22. The third-order valence-electron chi connectivity index (χ3n) is 4.12. The molecule has 0 aliphatic carbocycles. The minimum Gasteiger partial charge on any atom is -0.364 e. The van der Waals surface area contributed by atoms with Crippen molar-refractivity contribution in [2.24, 2.45) is 0 Å². The molecule has 0 aromatic heterocycles. The molecule has 25 heavy (non-hydrogen) atoms. The fraction of sp³-hybridized carbons (Fsp3) is 0.556. The molecule has 138 valence electrons. The lowest BCUT2D eigenvalue weighted by Crippen LogP contribution is -3.15. The average Bonchev–Trinajstić information content (AvgIpc) is 2.49. The zero-order valence-corrected chi connectivity index (χ0v) is 16.3. The van der Waals surface area contributed by atoms with E-state index in [-0.39, 0.29) is 18.1 Å². The Hall–Kier alpha value is -1.70. The van der Waals surface area contributed by atoms with E-state index in [0.29, 0.717) is 11.5 Å². The van der Waals surface area contributed by atoms with Gasteiger partial charge in [0.15, 0.2) is 5.11 Å². The average molecular weight is 366 g/mol. The largest absolute Gasteiger partial charge is 0.364 e. The molecule has 4 N–H and O–H groups in total. The smallest absolute Gasteiger partial charge is 0.244 e. The SMILES string of the molecule is Cc1cc(C)cc(NC(=S)NNC(=O)CC[NH+]2C[C@@H](C)O[C@H](C)C2)c1. The summed E-state index contributed by atoms with van der Waals surface area (Å²) in [7, 11) is 0. The van der Waals surface area contributed by atoms with Crippen LogP contribution < -0.4 is 21.1 Å². The molecule has 1 aliphatic heterocycles. The number of ether oxygens (including phenoxy) is 1. The number of hydrogen-bond acceptors (Lipinski definition) is 3. The molecule has 2 rings (SSSR count). The van der Waals surface area contributed by atoms with Gasteiger partial charge in [-0.2, -0.15) is 0 Å². The van der Waals surface area contributed by atoms with Crippen LogP contribution >= 0.6 is 12.2 Å². The van der Waals surface area contributed by atoms with Crippen molar-refractivity contribution in [2.75, 3.05) is 25.0 Å². The molecule has 0 spiro atoms. The Morgan fingerprint density at radius 2 is 1.76 bits per heavy atom. The standard InChI is InChI=1S/C18H28N4O2S/c1-12-7-13(2)9-16(8-12)19-18(25)21-20-17(23)5-6-22-10-14(3)24-15(4)11-22/h7-9,14-15H,5-6,10-11H2,1-4H3,(H,20,23)(H2,19,21,25)/p+1/t14-,15-/m1/s1. The highest BCUT2D eigenvalue weighted by molar-refractivity contribution is 7.80. The topological polar surface area (TPSA) is 66.8 Å². The van der Waals surface area contributed by atoms with E-state index in [1.54, 1.807) is 0 Å². The highest BCUT2D eigenvalue weighted by Gasteiger charge is 2.25. The number of morpholine rings is 1. The van der Waals surface area contributed by atoms with Crippen LogP contribution in [0.25, 0.3) is 0 Å². The van der Waals surface area contributed by atoms with Crippen molar-refractivity contribution in [2.45, 2.75) is 46.3 Å². The molecule has 1 aliphatic rings. The maximum absolute atomic E-state index is 12.0. The van der Waals surface area contributed by atoms with E-state index >= 15 is 0 Å². The van der Waals surface area contributed by atoms with Gasteiger partial charge in [-0.25, -0.2) is 0 Å². The Balaban J connectivity index is 1.69. The van der Waals surface area contributed by atoms with Gasteiger partial charge in [-0.15, -0.1) is 0 Å². The monoisotopic (exact) mass is 365 g/mol. The molecule has 0 unspecified atom stereocenters. The van der Waals surface area contributed by atoms with Gasteiger partial charge in [-0.05, 0) is 63.2 Å². The molecule has 1 aromatic rings. The quantitative estimate of drug-likeness (QED) is 0.467. The first kappa shape index (κ1) is 19.6. The third-order valence-corrected chi connectivity index (χ3v) is 4.32. The summed E-state index contributed by atoms with van der Waals surface area (Å²) in [5, 5.41) is 3.45. The molecule has 6 nitrogen and oxygen atoms in total. The number of rotatable bonds is 4. The van der Waals surface area contributed by atoms with Gasteiger partial charge in [0.05, 0.1) is 13.0 Å². The van der Waals surface area contributed by atoms with Crippen LogP contribution in [0.2, 0.25) is 0 Å². The van der Waals surface area contributed by atoms with E-state index in [0.717, 1.165) is 36.4 Å². The third kappa shape index (κ3) is 6.97. The Bertz CT molecular complexity index is 593. The molecule has 1 fully saturated rings. The van der Waals surface area contributed by atoms with Crippen molar-refractivity contribution in [1.82, 2.24) is 10.9 Å². The summed E-state index contributed by atoms with van der Waals surface area (Å²) in [5.74, 6) is -0.0659. The van der Waals surface area contributed by atoms with Crippen LogP contribution in [0.3, 0.4) is 0 Å². The second-order valence-electron chi connectivity index (χ2n) is 6.92. The number of anilines is 1. The lowest BCUT2D eigenvalue weighted by atomic mass is 10.1. The van der Waals surface area contributed by atoms with Gasteiger partial charge in [0.2, 0.25) is 5.91 Å². The number of amides is 1. The van der Waals surface area contributed by atoms with Crippen molar-refractivity contribution < 1.29 is 14.4 Å². The highest BCUT2D eigenvalue weighted by atomic mass is 32.1. The maximum atomic E-state index is 12.0. The molecule has 0 saturated carbocycles. The minimum atomic E-state index is -0.0659. The number of carbonyl (C=O) groups is 1. The number of hydrogen-bond donors (Lipinski definition) is 4. The van der Waals surface area contributed by atoms with Crippen LogP contribution in [0.4, 0.5) is 5.69 Å². The van der Waals surface area contributed by atoms with Gasteiger partial charge < -0.3 is 15.0 Å². The summed E-state index contributed by atoms with van der Waals surface area (Å²) < 4.78 is 5.72. The number of hydrazine groups is 1. The summed E-state index contributed by atoms with van der Waals surface area (Å²) in [6, 6.07) is 6.11. The summed E-state index contributed by atoms with van der Waals surface area (Å²) in [5.41, 5.74) is 8.64. The van der Waals surface area contributed by atoms with Gasteiger partial charge in [0.1, 0.15) is 25.3 Å². The van der Waals surface area contributed by atoms with Crippen molar-refractivity contribution in [3.63, 3.8) is 0 Å². The van der Waals surface area contributed by atoms with Crippen LogP contribution in [0.5, 0.6) is 0 Å². The Morgan fingerprint density at radius 1 is 1.16 bits per heavy atom. The molecule has 7 heteroatoms. The second kappa shape index (κ2) is 9.12. The molecule has 1 aromatic carbocycles. The first-order valence-corrected chi connectivity index (χ1v) is 9.16. The van der Waals surface area contributed by atoms with Crippen molar-refractivity contribution in [1.29, 1.82) is 0 Å². The van der Waals surface area contributed by atoms with Crippen molar-refractivity contribution >= 4 is 28.9 Å². The van der Waals surface area contributed by atoms with Crippen molar-refractivity contribution in [3.05, 3.63) is 29.3 Å². The number of carbonyl (C=O) groups excluding carboxylic acids is 1. The Kier molecular flexibility index (Phi) is 7.16. The molecule has 2 atom stereocenters. The fourth-order valence-electron chi connectivity index (χ4n) is 3.28. The van der Waals surface area contributed by atoms with Gasteiger partial charge in [-0.1, -0.05) is 6.07 Å². The summed E-state index contributed by atoms with van der Waals surface area (Å²) in [4.78, 5) is 13.4. The zero-order valence-electron chi connectivity index (χ0n) is 15.4. The number of benzene rings is 1. The summed E-state index contributed by atoms with van der Waals surface area (Å²) in [6.45, 7) is 10.9. The number of quaternary nitrogens is 1. The highest BCUT2D eigenvalue weighted by Crippen LogP contribution is 2.13. The number of aryl methyl sites for hydroxylation is 2. The fourth-order valence-corrected chi connectivity index (χ4v) is 3.45. The Morgan fingerprint density at radius 3 is 2.36 bits per heavy atom. The van der Waals surface area contributed by atoms with Gasteiger partial charge in [0.25, 0.3) is 0 Å². The van der Waals surface area contributed by atoms with Crippen LogP contribution in [-0.2, 0) is 9.53 Å². The first-order valence-electron chi connectivity index (χ1n) is 8.75. The lowest BCUT2D eigenvalue weighted by Gasteiger charge is -2.32. The van der Waals surface area contributed by atoms with Crippen LogP contribution in [0.1, 0.15) is 31.4 Å². The van der Waals surface area contributed by atoms with Gasteiger partial charge in [0, 0.05) is 5.69 Å². The molecule has 0 bridgehead atoms. The molecule has 1 amide bonds. The predicted octanol–water partition coefficient (Wildman–Crippen LogP) is 0.703. The maximum Gasteiger partial charge on any atom is 0.244 e. The Labute approximate surface area is 155 Å². The second-order valence-corrected chi connectivity index (χ2v) is 7.33. The number of thiocarbonyl (C=S) groups is 1. The van der Waals surface area contributed by atoms with E-state index in [4.69, 9.17) is 17.0 Å². The van der Waals surface area contributed by atoms with Crippen LogP contribution in [0, 0.1) is 13.8 Å². The van der Waals surface area contributed by atoms with E-state index in [2.05, 4.69) is 36.1 Å². The van der Waals surface area contributed by atoms with E-state index < -0.39 is 0 Å². The van der Waals surface area contributed by atoms with Crippen LogP contribution in [-0.4, -0.2) is 42.9 Å². The number of nitrogens with one attached hydrogen (secondary N) is 4. The molecule has 1 saturated heterocycles. The van der Waals surface area contributed by atoms with E-state index in [9.17, 15) is 4.79 Å². The van der Waals surface area contributed by atoms with Crippen molar-refractivity contribution in [3.8, 4) is 0 Å². The van der Waals surface area contributed by atoms with E-state index in [1.807, 2.05) is 26.0 Å². The predicted molar refractivity (Wildman–Crippen MR) is 104 cm³/mol. The minimum absolute atomic E-state index is 0.0659. The molecular weight excluding hydrogens is 336 g/mol.